The fourth-order valence-electron chi connectivity index (χ4n) is 2.99. The number of carboxylic acid groups (broad SMARTS) is 1. The highest BCUT2D eigenvalue weighted by Crippen LogP contribution is 2.24. The molecular formula is C19H19NO4. The van der Waals surface area contributed by atoms with Crippen LogP contribution in [0.25, 0.3) is 0 Å². The number of carbonyl (C=O) groups is 2. The molecule has 1 saturated heterocycles. The van der Waals surface area contributed by atoms with Crippen LogP contribution in [0.2, 0.25) is 0 Å². The summed E-state index contributed by atoms with van der Waals surface area (Å²) in [6.45, 7) is 0.946. The number of hydrogen-bond acceptors (Lipinski definition) is 4. The molecule has 0 aromatic heterocycles. The molecule has 0 amide bonds. The van der Waals surface area contributed by atoms with Crippen LogP contribution < -0.4 is 0 Å². The molecule has 0 saturated carbocycles. The Hall–Kier alpha value is -2.66. The van der Waals surface area contributed by atoms with E-state index in [1.807, 2.05) is 41.3 Å². The highest BCUT2D eigenvalue weighted by molar-refractivity contribution is 5.89. The lowest BCUT2D eigenvalue weighted by Gasteiger charge is -2.20. The molecule has 3 rings (SSSR count). The zero-order valence-electron chi connectivity index (χ0n) is 13.2. The van der Waals surface area contributed by atoms with Crippen LogP contribution in [0.4, 0.5) is 0 Å². The Morgan fingerprint density at radius 1 is 1.04 bits per heavy atom. The van der Waals surface area contributed by atoms with E-state index in [9.17, 15) is 14.7 Å². The fraction of sp³-hybridized carbons (Fsp3) is 0.263. The summed E-state index contributed by atoms with van der Waals surface area (Å²) in [5, 5.41) is 9.45. The van der Waals surface area contributed by atoms with Crippen molar-refractivity contribution < 1.29 is 19.4 Å². The van der Waals surface area contributed by atoms with Crippen molar-refractivity contribution in [2.24, 2.45) is 0 Å². The molecule has 0 aliphatic carbocycles. The third-order valence-electron chi connectivity index (χ3n) is 4.16. The molecule has 5 nitrogen and oxygen atoms in total. The third-order valence-corrected chi connectivity index (χ3v) is 4.16. The lowest BCUT2D eigenvalue weighted by atomic mass is 10.1. The van der Waals surface area contributed by atoms with Gasteiger partial charge in [-0.3, -0.25) is 9.69 Å². The van der Waals surface area contributed by atoms with Gasteiger partial charge in [-0.25, -0.2) is 4.79 Å². The predicted octanol–water partition coefficient (Wildman–Crippen LogP) is 2.57. The summed E-state index contributed by atoms with van der Waals surface area (Å²) in [6, 6.07) is 17.8. The molecule has 124 valence electrons. The lowest BCUT2D eigenvalue weighted by Crippen LogP contribution is -2.35. The second kappa shape index (κ2) is 7.27. The van der Waals surface area contributed by atoms with Gasteiger partial charge in [-0.2, -0.15) is 0 Å². The minimum absolute atomic E-state index is 0.306. The van der Waals surface area contributed by atoms with Crippen LogP contribution in [-0.2, 0) is 16.1 Å². The molecule has 2 atom stereocenters. The topological polar surface area (TPSA) is 66.8 Å². The standard InChI is InChI=1S/C19H19NO4/c21-18(22)17-11-16(24-19(23)15-9-5-2-6-10-15)13-20(17)12-14-7-3-1-4-8-14/h1-10,16-17H,11-13H2,(H,21,22). The van der Waals surface area contributed by atoms with E-state index in [1.165, 1.54) is 0 Å². The molecule has 2 aromatic rings. The van der Waals surface area contributed by atoms with Crippen LogP contribution in [0, 0.1) is 0 Å². The predicted molar refractivity (Wildman–Crippen MR) is 88.5 cm³/mol. The zero-order chi connectivity index (χ0) is 16.9. The summed E-state index contributed by atoms with van der Waals surface area (Å²) in [6.07, 6.45) is -0.108. The van der Waals surface area contributed by atoms with Crippen molar-refractivity contribution in [2.45, 2.75) is 25.1 Å². The third kappa shape index (κ3) is 3.81. The van der Waals surface area contributed by atoms with E-state index in [1.54, 1.807) is 24.3 Å². The first-order valence-electron chi connectivity index (χ1n) is 7.90. The maximum absolute atomic E-state index is 12.2. The highest BCUT2D eigenvalue weighted by atomic mass is 16.5. The van der Waals surface area contributed by atoms with Gasteiger partial charge in [0, 0.05) is 19.5 Å². The van der Waals surface area contributed by atoms with Gasteiger partial charge in [0.25, 0.3) is 0 Å². The first-order chi connectivity index (χ1) is 11.6. The van der Waals surface area contributed by atoms with Crippen molar-refractivity contribution in [1.82, 2.24) is 4.90 Å². The minimum Gasteiger partial charge on any atom is -0.480 e. The van der Waals surface area contributed by atoms with Crippen LogP contribution in [0.3, 0.4) is 0 Å². The minimum atomic E-state index is -0.885. The van der Waals surface area contributed by atoms with Gasteiger partial charge < -0.3 is 9.84 Å². The Labute approximate surface area is 140 Å². The first kappa shape index (κ1) is 16.2. The normalized spacial score (nSPS) is 20.7. The molecule has 2 aromatic carbocycles. The van der Waals surface area contributed by atoms with E-state index in [-0.39, 0.29) is 0 Å². The van der Waals surface area contributed by atoms with E-state index < -0.39 is 24.1 Å². The van der Waals surface area contributed by atoms with E-state index >= 15 is 0 Å². The molecule has 2 unspecified atom stereocenters. The van der Waals surface area contributed by atoms with E-state index in [0.29, 0.717) is 25.1 Å². The number of carboxylic acids is 1. The van der Waals surface area contributed by atoms with Crippen LogP contribution in [0.1, 0.15) is 22.3 Å². The number of aliphatic carboxylic acids is 1. The van der Waals surface area contributed by atoms with Crippen LogP contribution in [0.5, 0.6) is 0 Å². The summed E-state index contributed by atoms with van der Waals surface area (Å²) >= 11 is 0. The Kier molecular flexibility index (Phi) is 4.91. The number of likely N-dealkylation sites (tertiary alicyclic amines) is 1. The number of nitrogens with zero attached hydrogens (tertiary/aromatic N) is 1. The molecule has 5 heteroatoms. The van der Waals surface area contributed by atoms with Gasteiger partial charge in [0.15, 0.2) is 0 Å². The van der Waals surface area contributed by atoms with Gasteiger partial charge in [-0.05, 0) is 17.7 Å². The average molecular weight is 325 g/mol. The number of benzene rings is 2. The maximum atomic E-state index is 12.2. The van der Waals surface area contributed by atoms with Gasteiger partial charge in [0.1, 0.15) is 12.1 Å². The molecule has 0 spiro atoms. The smallest absolute Gasteiger partial charge is 0.338 e. The first-order valence-corrected chi connectivity index (χ1v) is 7.90. The van der Waals surface area contributed by atoms with Gasteiger partial charge in [-0.15, -0.1) is 0 Å². The number of esters is 1. The summed E-state index contributed by atoms with van der Waals surface area (Å²) in [5.74, 6) is -1.30. The summed E-state index contributed by atoms with van der Waals surface area (Å²) in [5.41, 5.74) is 1.52. The van der Waals surface area contributed by atoms with Crippen molar-refractivity contribution in [3.8, 4) is 0 Å². The largest absolute Gasteiger partial charge is 0.480 e. The van der Waals surface area contributed by atoms with Crippen LogP contribution >= 0.6 is 0 Å². The fourth-order valence-corrected chi connectivity index (χ4v) is 2.99. The number of rotatable bonds is 5. The number of carbonyl (C=O) groups excluding carboxylic acids is 1. The highest BCUT2D eigenvalue weighted by Gasteiger charge is 2.38. The average Bonchev–Trinajstić information content (AvgIpc) is 2.99. The SMILES string of the molecule is O=C(OC1CC(C(=O)O)N(Cc2ccccc2)C1)c1ccccc1. The molecule has 1 aliphatic rings. The van der Waals surface area contributed by atoms with Crippen LogP contribution in [-0.4, -0.2) is 40.6 Å². The van der Waals surface area contributed by atoms with E-state index in [4.69, 9.17) is 4.74 Å². The van der Waals surface area contributed by atoms with Crippen molar-refractivity contribution in [2.75, 3.05) is 6.54 Å². The van der Waals surface area contributed by atoms with Crippen molar-refractivity contribution >= 4 is 11.9 Å². The Bertz CT molecular complexity index is 702. The molecule has 1 heterocycles. The summed E-state index contributed by atoms with van der Waals surface area (Å²) in [4.78, 5) is 25.5. The molecule has 1 aliphatic heterocycles. The van der Waals surface area contributed by atoms with Gasteiger partial charge in [0.2, 0.25) is 0 Å². The molecular weight excluding hydrogens is 306 g/mol. The second-order valence-corrected chi connectivity index (χ2v) is 5.90. The maximum Gasteiger partial charge on any atom is 0.338 e. The molecule has 1 N–H and O–H groups in total. The Balaban J connectivity index is 1.66. The Morgan fingerprint density at radius 2 is 1.67 bits per heavy atom. The second-order valence-electron chi connectivity index (χ2n) is 5.90. The number of hydrogen-bond donors (Lipinski definition) is 1. The summed E-state index contributed by atoms with van der Waals surface area (Å²) in [7, 11) is 0. The van der Waals surface area contributed by atoms with Crippen molar-refractivity contribution in [1.29, 1.82) is 0 Å². The summed E-state index contributed by atoms with van der Waals surface area (Å²) < 4.78 is 5.50. The monoisotopic (exact) mass is 325 g/mol. The molecule has 24 heavy (non-hydrogen) atoms. The molecule has 0 radical (unpaired) electrons. The van der Waals surface area contributed by atoms with Gasteiger partial charge in [-0.1, -0.05) is 48.5 Å². The van der Waals surface area contributed by atoms with E-state index in [0.717, 1.165) is 5.56 Å². The van der Waals surface area contributed by atoms with Crippen molar-refractivity contribution in [3.63, 3.8) is 0 Å². The van der Waals surface area contributed by atoms with Gasteiger partial charge in [0.05, 0.1) is 5.56 Å². The lowest BCUT2D eigenvalue weighted by molar-refractivity contribution is -0.142. The Morgan fingerprint density at radius 3 is 2.29 bits per heavy atom. The van der Waals surface area contributed by atoms with Crippen molar-refractivity contribution in [3.05, 3.63) is 71.8 Å². The van der Waals surface area contributed by atoms with Crippen LogP contribution in [0.15, 0.2) is 60.7 Å². The molecule has 0 bridgehead atoms. The van der Waals surface area contributed by atoms with Gasteiger partial charge >= 0.3 is 11.9 Å². The van der Waals surface area contributed by atoms with E-state index in [2.05, 4.69) is 0 Å². The zero-order valence-corrected chi connectivity index (χ0v) is 13.2. The molecule has 1 fully saturated rings. The number of ether oxygens (including phenoxy) is 1. The quantitative estimate of drug-likeness (QED) is 0.856.